The van der Waals surface area contributed by atoms with E-state index in [9.17, 15) is 0 Å². The Morgan fingerprint density at radius 1 is 0.917 bits per heavy atom. The lowest BCUT2D eigenvalue weighted by Gasteiger charge is -2.28. The first-order valence-corrected chi connectivity index (χ1v) is 10.7. The summed E-state index contributed by atoms with van der Waals surface area (Å²) in [5, 5.41) is 2.41. The van der Waals surface area contributed by atoms with E-state index in [0.29, 0.717) is 6.61 Å². The molecular formula is C22H26OSi. The molecule has 2 rings (SSSR count). The van der Waals surface area contributed by atoms with Crippen LogP contribution in [0.3, 0.4) is 0 Å². The summed E-state index contributed by atoms with van der Waals surface area (Å²) in [4.78, 5) is 0. The Kier molecular flexibility index (Phi) is 7.55. The summed E-state index contributed by atoms with van der Waals surface area (Å²) in [6.07, 6.45) is 4.60. The van der Waals surface area contributed by atoms with Gasteiger partial charge in [-0.3, -0.25) is 0 Å². The SMILES string of the molecule is C=C[Si](OCC#CCCCCC)(c1ccccc1)c1ccccc1. The Balaban J connectivity index is 2.19. The van der Waals surface area contributed by atoms with Gasteiger partial charge in [0.25, 0.3) is 8.32 Å². The Bertz CT molecular complexity index is 628. The first-order chi connectivity index (χ1) is 11.8. The van der Waals surface area contributed by atoms with Crippen molar-refractivity contribution in [1.29, 1.82) is 0 Å². The zero-order chi connectivity index (χ0) is 17.1. The van der Waals surface area contributed by atoms with E-state index >= 15 is 0 Å². The molecule has 1 nitrogen and oxygen atoms in total. The lowest BCUT2D eigenvalue weighted by atomic mass is 10.2. The topological polar surface area (TPSA) is 9.23 Å². The molecule has 2 heteroatoms. The van der Waals surface area contributed by atoms with Gasteiger partial charge in [-0.15, -0.1) is 12.5 Å². The molecule has 0 amide bonds. The summed E-state index contributed by atoms with van der Waals surface area (Å²) in [7, 11) is -2.44. The third kappa shape index (κ3) is 4.71. The molecule has 0 aromatic heterocycles. The maximum Gasteiger partial charge on any atom is 0.281 e. The summed E-state index contributed by atoms with van der Waals surface area (Å²) in [5.74, 6) is 6.42. The predicted molar refractivity (Wildman–Crippen MR) is 106 cm³/mol. The fourth-order valence-electron chi connectivity index (χ4n) is 2.75. The lowest BCUT2D eigenvalue weighted by molar-refractivity contribution is 0.378. The van der Waals surface area contributed by atoms with Crippen LogP contribution in [0, 0.1) is 11.8 Å². The molecule has 0 aliphatic heterocycles. The number of benzene rings is 2. The summed E-state index contributed by atoms with van der Waals surface area (Å²) in [6.45, 7) is 6.78. The smallest absolute Gasteiger partial charge is 0.281 e. The van der Waals surface area contributed by atoms with Crippen LogP contribution in [0.2, 0.25) is 0 Å². The highest BCUT2D eigenvalue weighted by Gasteiger charge is 2.36. The van der Waals surface area contributed by atoms with Crippen molar-refractivity contribution in [3.63, 3.8) is 0 Å². The summed E-state index contributed by atoms with van der Waals surface area (Å²) >= 11 is 0. The third-order valence-corrected chi connectivity index (χ3v) is 7.65. The highest BCUT2D eigenvalue weighted by Crippen LogP contribution is 2.09. The normalized spacial score (nSPS) is 10.7. The van der Waals surface area contributed by atoms with Crippen LogP contribution in [0.15, 0.2) is 72.9 Å². The Morgan fingerprint density at radius 3 is 2.00 bits per heavy atom. The van der Waals surface area contributed by atoms with Gasteiger partial charge in [-0.2, -0.15) is 0 Å². The van der Waals surface area contributed by atoms with Crippen molar-refractivity contribution >= 4 is 18.7 Å². The van der Waals surface area contributed by atoms with Crippen LogP contribution in [0.5, 0.6) is 0 Å². The van der Waals surface area contributed by atoms with Crippen LogP contribution in [-0.2, 0) is 4.43 Å². The molecule has 2 aromatic carbocycles. The second-order valence-corrected chi connectivity index (χ2v) is 9.09. The predicted octanol–water partition coefficient (Wildman–Crippen LogP) is 4.07. The minimum atomic E-state index is -2.44. The summed E-state index contributed by atoms with van der Waals surface area (Å²) < 4.78 is 6.40. The van der Waals surface area contributed by atoms with Crippen molar-refractivity contribution in [1.82, 2.24) is 0 Å². The minimum Gasteiger partial charge on any atom is -0.393 e. The van der Waals surface area contributed by atoms with Crippen molar-refractivity contribution in [2.75, 3.05) is 6.61 Å². The number of unbranched alkanes of at least 4 members (excludes halogenated alkanes) is 3. The van der Waals surface area contributed by atoms with E-state index < -0.39 is 8.32 Å². The molecule has 0 N–H and O–H groups in total. The molecule has 0 bridgehead atoms. The zero-order valence-electron chi connectivity index (χ0n) is 14.5. The third-order valence-electron chi connectivity index (χ3n) is 4.10. The number of hydrogen-bond acceptors (Lipinski definition) is 1. The zero-order valence-corrected chi connectivity index (χ0v) is 15.5. The van der Waals surface area contributed by atoms with E-state index in [-0.39, 0.29) is 0 Å². The van der Waals surface area contributed by atoms with Gasteiger partial charge in [0.15, 0.2) is 0 Å². The Hall–Kier alpha value is -2.08. The monoisotopic (exact) mass is 334 g/mol. The van der Waals surface area contributed by atoms with E-state index in [1.165, 1.54) is 29.6 Å². The highest BCUT2D eigenvalue weighted by molar-refractivity contribution is 7.01. The fraction of sp³-hybridized carbons (Fsp3) is 0.273. The first kappa shape index (κ1) is 18.3. The summed E-state index contributed by atoms with van der Waals surface area (Å²) in [6, 6.07) is 20.8. The van der Waals surface area contributed by atoms with Crippen molar-refractivity contribution in [2.45, 2.75) is 32.6 Å². The van der Waals surface area contributed by atoms with Crippen molar-refractivity contribution < 1.29 is 4.43 Å². The molecule has 0 atom stereocenters. The van der Waals surface area contributed by atoms with Gasteiger partial charge in [0.05, 0.1) is 6.61 Å². The standard InChI is InChI=1S/C22H26OSi/c1-3-5-6-7-8-15-20-23-24(4-2,21-16-11-9-12-17-21)22-18-13-10-14-19-22/h4,9-14,16-19H,2-3,5-7,20H2,1H3. The lowest BCUT2D eigenvalue weighted by Crippen LogP contribution is -2.59. The average molecular weight is 335 g/mol. The molecule has 24 heavy (non-hydrogen) atoms. The quantitative estimate of drug-likeness (QED) is 0.402. The maximum atomic E-state index is 6.40. The van der Waals surface area contributed by atoms with Gasteiger partial charge in [-0.25, -0.2) is 0 Å². The van der Waals surface area contributed by atoms with E-state index in [4.69, 9.17) is 4.43 Å². The molecule has 0 spiro atoms. The van der Waals surface area contributed by atoms with Gasteiger partial charge < -0.3 is 4.43 Å². The molecule has 2 aromatic rings. The highest BCUT2D eigenvalue weighted by atomic mass is 28.4. The van der Waals surface area contributed by atoms with Gasteiger partial charge >= 0.3 is 0 Å². The Morgan fingerprint density at radius 2 is 1.50 bits per heavy atom. The average Bonchev–Trinajstić information content (AvgIpc) is 2.66. The van der Waals surface area contributed by atoms with Crippen molar-refractivity contribution in [2.24, 2.45) is 0 Å². The van der Waals surface area contributed by atoms with Crippen LogP contribution < -0.4 is 10.4 Å². The van der Waals surface area contributed by atoms with E-state index in [2.05, 4.69) is 73.9 Å². The number of hydrogen-bond donors (Lipinski definition) is 0. The molecule has 0 aliphatic carbocycles. The molecule has 0 heterocycles. The van der Waals surface area contributed by atoms with Gasteiger partial charge in [0.1, 0.15) is 0 Å². The van der Waals surface area contributed by atoms with Crippen LogP contribution in [0.1, 0.15) is 32.6 Å². The molecule has 0 aliphatic rings. The fourth-order valence-corrected chi connectivity index (χ4v) is 5.68. The molecule has 0 saturated carbocycles. The van der Waals surface area contributed by atoms with Crippen LogP contribution in [0.25, 0.3) is 0 Å². The Labute approximate surface area is 147 Å². The molecule has 0 unspecified atom stereocenters. The molecule has 0 radical (unpaired) electrons. The van der Waals surface area contributed by atoms with E-state index in [1.54, 1.807) is 0 Å². The minimum absolute atomic E-state index is 0.453. The molecule has 0 fully saturated rings. The van der Waals surface area contributed by atoms with Crippen LogP contribution in [-0.4, -0.2) is 14.9 Å². The van der Waals surface area contributed by atoms with Gasteiger partial charge in [-0.05, 0) is 16.8 Å². The van der Waals surface area contributed by atoms with Crippen molar-refractivity contribution in [3.8, 4) is 11.8 Å². The maximum absolute atomic E-state index is 6.40. The number of rotatable bonds is 8. The van der Waals surface area contributed by atoms with Crippen molar-refractivity contribution in [3.05, 3.63) is 72.9 Å². The van der Waals surface area contributed by atoms with E-state index in [1.807, 2.05) is 17.8 Å². The molecular weight excluding hydrogens is 308 g/mol. The van der Waals surface area contributed by atoms with Gasteiger partial charge in [0, 0.05) is 6.42 Å². The van der Waals surface area contributed by atoms with Crippen LogP contribution in [0.4, 0.5) is 0 Å². The van der Waals surface area contributed by atoms with E-state index in [0.717, 1.165) is 6.42 Å². The molecule has 124 valence electrons. The van der Waals surface area contributed by atoms with Gasteiger partial charge in [-0.1, -0.05) is 92.0 Å². The largest absolute Gasteiger partial charge is 0.393 e. The van der Waals surface area contributed by atoms with Crippen LogP contribution >= 0.6 is 0 Å². The molecule has 0 saturated heterocycles. The first-order valence-electron chi connectivity index (χ1n) is 8.68. The second-order valence-electron chi connectivity index (χ2n) is 5.77. The van der Waals surface area contributed by atoms with Gasteiger partial charge in [0.2, 0.25) is 0 Å². The second kappa shape index (κ2) is 9.92. The summed E-state index contributed by atoms with van der Waals surface area (Å²) in [5.41, 5.74) is 2.01.